The van der Waals surface area contributed by atoms with Gasteiger partial charge in [0, 0.05) is 32.7 Å². The van der Waals surface area contributed by atoms with E-state index in [1.165, 1.54) is 5.56 Å². The number of rotatable bonds is 7. The van der Waals surface area contributed by atoms with Crippen LogP contribution in [0, 0.1) is 0 Å². The maximum Gasteiger partial charge on any atom is 0.416 e. The summed E-state index contributed by atoms with van der Waals surface area (Å²) in [6.45, 7) is 2.67. The molecule has 0 aromatic heterocycles. The van der Waals surface area contributed by atoms with Crippen molar-refractivity contribution in [3.63, 3.8) is 0 Å². The SMILES string of the molecule is O=C(CNS(=O)(=O)c1cccc(C(F)(F)F)c1)N1CCN(CCc2ccccc2)CC1. The van der Waals surface area contributed by atoms with Crippen LogP contribution in [-0.4, -0.2) is 63.4 Å². The predicted octanol–water partition coefficient (Wildman–Crippen LogP) is 2.37. The molecule has 1 aliphatic rings. The molecule has 1 amide bonds. The second-order valence-electron chi connectivity index (χ2n) is 7.31. The summed E-state index contributed by atoms with van der Waals surface area (Å²) in [6.07, 6.45) is -3.74. The van der Waals surface area contributed by atoms with Gasteiger partial charge in [-0.25, -0.2) is 13.1 Å². The number of hydrogen-bond acceptors (Lipinski definition) is 4. The van der Waals surface area contributed by atoms with Gasteiger partial charge in [0.15, 0.2) is 0 Å². The van der Waals surface area contributed by atoms with Crippen molar-refractivity contribution in [1.82, 2.24) is 14.5 Å². The third-order valence-corrected chi connectivity index (χ3v) is 6.57. The summed E-state index contributed by atoms with van der Waals surface area (Å²) < 4.78 is 65.2. The summed E-state index contributed by atoms with van der Waals surface area (Å²) in [7, 11) is -4.23. The van der Waals surface area contributed by atoms with Crippen LogP contribution in [0.3, 0.4) is 0 Å². The zero-order valence-corrected chi connectivity index (χ0v) is 17.6. The Morgan fingerprint density at radius 3 is 2.29 bits per heavy atom. The number of piperazine rings is 1. The molecule has 0 bridgehead atoms. The van der Waals surface area contributed by atoms with Gasteiger partial charge in [0.05, 0.1) is 17.0 Å². The van der Waals surface area contributed by atoms with Crippen LogP contribution in [-0.2, 0) is 27.4 Å². The van der Waals surface area contributed by atoms with Gasteiger partial charge in [-0.3, -0.25) is 9.69 Å². The molecule has 2 aromatic rings. The molecule has 168 valence electrons. The van der Waals surface area contributed by atoms with Gasteiger partial charge in [0.2, 0.25) is 15.9 Å². The number of nitrogens with zero attached hydrogens (tertiary/aromatic N) is 2. The normalized spacial score (nSPS) is 15.8. The van der Waals surface area contributed by atoms with Crippen LogP contribution < -0.4 is 4.72 Å². The Labute approximate surface area is 179 Å². The lowest BCUT2D eigenvalue weighted by molar-refractivity contribution is -0.137. The lowest BCUT2D eigenvalue weighted by Crippen LogP contribution is -2.51. The number of benzene rings is 2. The number of sulfonamides is 1. The van der Waals surface area contributed by atoms with E-state index in [1.807, 2.05) is 18.2 Å². The van der Waals surface area contributed by atoms with Gasteiger partial charge in [-0.15, -0.1) is 0 Å². The molecule has 2 aromatic carbocycles. The molecule has 1 aliphatic heterocycles. The fraction of sp³-hybridized carbons (Fsp3) is 0.381. The molecule has 0 unspecified atom stereocenters. The molecule has 1 fully saturated rings. The topological polar surface area (TPSA) is 69.7 Å². The number of nitrogens with one attached hydrogen (secondary N) is 1. The lowest BCUT2D eigenvalue weighted by Gasteiger charge is -2.34. The number of alkyl halides is 3. The Bertz CT molecular complexity index is 990. The Hall–Kier alpha value is -2.43. The molecule has 0 saturated carbocycles. The van der Waals surface area contributed by atoms with Crippen LogP contribution in [0.25, 0.3) is 0 Å². The third kappa shape index (κ3) is 6.52. The van der Waals surface area contributed by atoms with E-state index >= 15 is 0 Å². The van der Waals surface area contributed by atoms with Crippen molar-refractivity contribution in [1.29, 1.82) is 0 Å². The first-order valence-electron chi connectivity index (χ1n) is 9.86. The van der Waals surface area contributed by atoms with Crippen molar-refractivity contribution in [3.8, 4) is 0 Å². The van der Waals surface area contributed by atoms with Crippen LogP contribution >= 0.6 is 0 Å². The molecular formula is C21H24F3N3O3S. The molecule has 0 aliphatic carbocycles. The molecule has 1 heterocycles. The quantitative estimate of drug-likeness (QED) is 0.696. The molecule has 0 spiro atoms. The van der Waals surface area contributed by atoms with Crippen LogP contribution in [0.4, 0.5) is 13.2 Å². The number of halogens is 3. The highest BCUT2D eigenvalue weighted by Crippen LogP contribution is 2.30. The first kappa shape index (κ1) is 23.2. The highest BCUT2D eigenvalue weighted by molar-refractivity contribution is 7.89. The first-order valence-corrected chi connectivity index (χ1v) is 11.3. The molecule has 3 rings (SSSR count). The minimum absolute atomic E-state index is 0.404. The van der Waals surface area contributed by atoms with Crippen LogP contribution in [0.5, 0.6) is 0 Å². The first-order chi connectivity index (χ1) is 14.6. The van der Waals surface area contributed by atoms with Crippen molar-refractivity contribution in [2.45, 2.75) is 17.5 Å². The largest absolute Gasteiger partial charge is 0.416 e. The Balaban J connectivity index is 1.48. The number of hydrogen-bond donors (Lipinski definition) is 1. The van der Waals surface area contributed by atoms with Gasteiger partial charge >= 0.3 is 6.18 Å². The van der Waals surface area contributed by atoms with Crippen LogP contribution in [0.1, 0.15) is 11.1 Å². The average molecular weight is 456 g/mol. The molecule has 31 heavy (non-hydrogen) atoms. The van der Waals surface area contributed by atoms with E-state index < -0.39 is 39.1 Å². The standard InChI is InChI=1S/C21H24F3N3O3S/c22-21(23,24)18-7-4-8-19(15-18)31(29,30)25-16-20(28)27-13-11-26(12-14-27)10-9-17-5-2-1-3-6-17/h1-8,15,25H,9-14,16H2. The summed E-state index contributed by atoms with van der Waals surface area (Å²) in [6, 6.07) is 13.5. The highest BCUT2D eigenvalue weighted by Gasteiger charge is 2.32. The minimum atomic E-state index is -4.65. The summed E-state index contributed by atoms with van der Waals surface area (Å²) in [5, 5.41) is 0. The predicted molar refractivity (Wildman–Crippen MR) is 110 cm³/mol. The van der Waals surface area contributed by atoms with Crippen molar-refractivity contribution in [2.24, 2.45) is 0 Å². The monoisotopic (exact) mass is 455 g/mol. The van der Waals surface area contributed by atoms with Crippen molar-refractivity contribution in [3.05, 3.63) is 65.7 Å². The Morgan fingerprint density at radius 1 is 0.968 bits per heavy atom. The lowest BCUT2D eigenvalue weighted by atomic mass is 10.1. The van der Waals surface area contributed by atoms with E-state index in [9.17, 15) is 26.4 Å². The van der Waals surface area contributed by atoms with E-state index in [4.69, 9.17) is 0 Å². The van der Waals surface area contributed by atoms with Crippen LogP contribution in [0.15, 0.2) is 59.5 Å². The van der Waals surface area contributed by atoms with E-state index in [-0.39, 0.29) is 0 Å². The second-order valence-corrected chi connectivity index (χ2v) is 9.08. The summed E-state index contributed by atoms with van der Waals surface area (Å²) >= 11 is 0. The van der Waals surface area contributed by atoms with Crippen LogP contribution in [0.2, 0.25) is 0 Å². The van der Waals surface area contributed by atoms with E-state index in [0.717, 1.165) is 31.2 Å². The zero-order valence-electron chi connectivity index (χ0n) is 16.8. The van der Waals surface area contributed by atoms with Gasteiger partial charge in [-0.2, -0.15) is 13.2 Å². The van der Waals surface area contributed by atoms with Gasteiger partial charge in [-0.05, 0) is 30.2 Å². The summed E-state index contributed by atoms with van der Waals surface area (Å²) in [4.78, 5) is 15.7. The molecule has 10 heteroatoms. The van der Waals surface area contributed by atoms with Crippen molar-refractivity contribution >= 4 is 15.9 Å². The molecule has 1 N–H and O–H groups in total. The maximum absolute atomic E-state index is 12.8. The Kier molecular flexibility index (Phi) is 7.34. The molecular weight excluding hydrogens is 431 g/mol. The third-order valence-electron chi connectivity index (χ3n) is 5.17. The number of amides is 1. The van der Waals surface area contributed by atoms with E-state index in [0.29, 0.717) is 32.2 Å². The van der Waals surface area contributed by atoms with Gasteiger partial charge in [0.1, 0.15) is 0 Å². The van der Waals surface area contributed by atoms with Crippen molar-refractivity contribution < 1.29 is 26.4 Å². The molecule has 1 saturated heterocycles. The summed E-state index contributed by atoms with van der Waals surface area (Å²) in [5.74, 6) is -0.404. The fourth-order valence-corrected chi connectivity index (χ4v) is 4.36. The number of carbonyl (C=O) groups excluding carboxylic acids is 1. The zero-order chi connectivity index (χ0) is 22.5. The number of carbonyl (C=O) groups is 1. The summed E-state index contributed by atoms with van der Waals surface area (Å²) in [5.41, 5.74) is 0.179. The van der Waals surface area contributed by atoms with E-state index in [2.05, 4.69) is 21.8 Å². The van der Waals surface area contributed by atoms with E-state index in [1.54, 1.807) is 4.90 Å². The smallest absolute Gasteiger partial charge is 0.339 e. The van der Waals surface area contributed by atoms with Gasteiger partial charge in [-0.1, -0.05) is 36.4 Å². The van der Waals surface area contributed by atoms with Gasteiger partial charge < -0.3 is 4.90 Å². The minimum Gasteiger partial charge on any atom is -0.339 e. The highest BCUT2D eigenvalue weighted by atomic mass is 32.2. The van der Waals surface area contributed by atoms with Crippen molar-refractivity contribution in [2.75, 3.05) is 39.3 Å². The van der Waals surface area contributed by atoms with Gasteiger partial charge in [0.25, 0.3) is 0 Å². The fourth-order valence-electron chi connectivity index (χ4n) is 3.34. The molecule has 0 radical (unpaired) electrons. The molecule has 6 nitrogen and oxygen atoms in total. The molecule has 0 atom stereocenters. The maximum atomic E-state index is 12.8. The average Bonchev–Trinajstić information content (AvgIpc) is 2.77. The second kappa shape index (κ2) is 9.80. The Morgan fingerprint density at radius 2 is 1.65 bits per heavy atom.